The maximum atomic E-state index is 12.3. The third-order valence-electron chi connectivity index (χ3n) is 4.44. The SMILES string of the molecule is O=C(NNc1ncnc(NCCN2CCOCC2)c1[N+](=O)[O-])c1cccc([N+](=O)[O-])c1. The van der Waals surface area contributed by atoms with Gasteiger partial charge in [0.05, 0.1) is 23.1 Å². The molecule has 1 aliphatic heterocycles. The first-order chi connectivity index (χ1) is 15.0. The predicted molar refractivity (Wildman–Crippen MR) is 109 cm³/mol. The minimum atomic E-state index is -0.724. The molecule has 2 heterocycles. The van der Waals surface area contributed by atoms with E-state index in [1.54, 1.807) is 0 Å². The molecular formula is C17H20N8O6. The van der Waals surface area contributed by atoms with E-state index >= 15 is 0 Å². The Kier molecular flexibility index (Phi) is 7.18. The van der Waals surface area contributed by atoms with Crippen LogP contribution in [-0.4, -0.2) is 70.0 Å². The Hall–Kier alpha value is -3.91. The lowest BCUT2D eigenvalue weighted by Gasteiger charge is -2.26. The molecule has 1 saturated heterocycles. The van der Waals surface area contributed by atoms with Crippen molar-refractivity contribution in [1.29, 1.82) is 0 Å². The predicted octanol–water partition coefficient (Wildman–Crippen LogP) is 0.794. The average molecular weight is 432 g/mol. The molecule has 164 valence electrons. The second kappa shape index (κ2) is 10.2. The molecule has 2 aromatic rings. The summed E-state index contributed by atoms with van der Waals surface area (Å²) in [5.41, 5.74) is 3.95. The Morgan fingerprint density at radius 2 is 1.87 bits per heavy atom. The van der Waals surface area contributed by atoms with E-state index in [0.717, 1.165) is 25.5 Å². The number of nitro benzene ring substituents is 1. The van der Waals surface area contributed by atoms with Crippen molar-refractivity contribution >= 4 is 28.9 Å². The minimum absolute atomic E-state index is 0.000331. The summed E-state index contributed by atoms with van der Waals surface area (Å²) in [6.45, 7) is 3.92. The molecule has 0 saturated carbocycles. The first-order valence-electron chi connectivity index (χ1n) is 9.30. The Labute approximate surface area is 175 Å². The van der Waals surface area contributed by atoms with Crippen LogP contribution in [0, 0.1) is 20.2 Å². The first-order valence-corrected chi connectivity index (χ1v) is 9.30. The van der Waals surface area contributed by atoms with Gasteiger partial charge in [-0.3, -0.25) is 40.8 Å². The van der Waals surface area contributed by atoms with Crippen molar-refractivity contribution < 1.29 is 19.4 Å². The maximum absolute atomic E-state index is 12.3. The molecular weight excluding hydrogens is 412 g/mol. The summed E-state index contributed by atoms with van der Waals surface area (Å²) in [5.74, 6) is -0.952. The quantitative estimate of drug-likeness (QED) is 0.377. The number of rotatable bonds is 9. The van der Waals surface area contributed by atoms with Gasteiger partial charge in [0, 0.05) is 43.9 Å². The average Bonchev–Trinajstić information content (AvgIpc) is 2.78. The number of hydrogen-bond donors (Lipinski definition) is 3. The monoisotopic (exact) mass is 432 g/mol. The van der Waals surface area contributed by atoms with Gasteiger partial charge in [0.2, 0.25) is 11.6 Å². The summed E-state index contributed by atoms with van der Waals surface area (Å²) in [4.78, 5) is 43.3. The number of anilines is 2. The van der Waals surface area contributed by atoms with E-state index in [-0.39, 0.29) is 22.9 Å². The van der Waals surface area contributed by atoms with Crippen LogP contribution in [0.2, 0.25) is 0 Å². The number of hydrazine groups is 1. The van der Waals surface area contributed by atoms with Gasteiger partial charge < -0.3 is 10.1 Å². The topological polar surface area (TPSA) is 178 Å². The molecule has 14 heteroatoms. The lowest BCUT2D eigenvalue weighted by atomic mass is 10.2. The van der Waals surface area contributed by atoms with Gasteiger partial charge in [-0.15, -0.1) is 0 Å². The van der Waals surface area contributed by atoms with Gasteiger partial charge in [-0.05, 0) is 6.07 Å². The fourth-order valence-electron chi connectivity index (χ4n) is 2.88. The lowest BCUT2D eigenvalue weighted by molar-refractivity contribution is -0.384. The van der Waals surface area contributed by atoms with Crippen LogP contribution in [0.5, 0.6) is 0 Å². The second-order valence-electron chi connectivity index (χ2n) is 6.44. The molecule has 0 aliphatic carbocycles. The molecule has 1 aromatic heterocycles. The summed E-state index contributed by atoms with van der Waals surface area (Å²) in [6, 6.07) is 5.06. The van der Waals surface area contributed by atoms with Gasteiger partial charge in [-0.2, -0.15) is 0 Å². The Balaban J connectivity index is 1.65. The summed E-state index contributed by atoms with van der Waals surface area (Å²) in [7, 11) is 0. The van der Waals surface area contributed by atoms with Crippen molar-refractivity contribution in [2.45, 2.75) is 0 Å². The zero-order chi connectivity index (χ0) is 22.2. The van der Waals surface area contributed by atoms with Crippen LogP contribution in [0.15, 0.2) is 30.6 Å². The van der Waals surface area contributed by atoms with Crippen LogP contribution in [0.1, 0.15) is 10.4 Å². The van der Waals surface area contributed by atoms with Crippen LogP contribution in [0.3, 0.4) is 0 Å². The van der Waals surface area contributed by atoms with Gasteiger partial charge in [-0.1, -0.05) is 6.07 Å². The molecule has 1 amide bonds. The zero-order valence-electron chi connectivity index (χ0n) is 16.3. The van der Waals surface area contributed by atoms with Gasteiger partial charge >= 0.3 is 5.69 Å². The molecule has 31 heavy (non-hydrogen) atoms. The molecule has 0 bridgehead atoms. The van der Waals surface area contributed by atoms with Crippen molar-refractivity contribution in [2.75, 3.05) is 50.1 Å². The van der Waals surface area contributed by atoms with Gasteiger partial charge in [0.25, 0.3) is 11.6 Å². The first kappa shape index (κ1) is 21.8. The smallest absolute Gasteiger partial charge is 0.354 e. The Bertz CT molecular complexity index is 965. The Morgan fingerprint density at radius 1 is 1.13 bits per heavy atom. The van der Waals surface area contributed by atoms with Crippen LogP contribution < -0.4 is 16.2 Å². The van der Waals surface area contributed by atoms with Crippen molar-refractivity contribution in [3.63, 3.8) is 0 Å². The fourth-order valence-corrected chi connectivity index (χ4v) is 2.88. The largest absolute Gasteiger partial charge is 0.379 e. The highest BCUT2D eigenvalue weighted by Gasteiger charge is 2.24. The molecule has 0 unspecified atom stereocenters. The molecule has 3 rings (SSSR count). The summed E-state index contributed by atoms with van der Waals surface area (Å²) < 4.78 is 5.28. The number of carbonyl (C=O) groups excluding carboxylic acids is 1. The number of nitrogens with one attached hydrogen (secondary N) is 3. The van der Waals surface area contributed by atoms with E-state index in [0.29, 0.717) is 26.3 Å². The van der Waals surface area contributed by atoms with Crippen LogP contribution in [-0.2, 0) is 4.74 Å². The van der Waals surface area contributed by atoms with Crippen molar-refractivity contribution in [1.82, 2.24) is 20.3 Å². The molecule has 0 atom stereocenters. The van der Waals surface area contributed by atoms with Crippen LogP contribution >= 0.6 is 0 Å². The summed E-state index contributed by atoms with van der Waals surface area (Å²) in [5, 5.41) is 25.3. The number of nitrogens with zero attached hydrogens (tertiary/aromatic N) is 5. The number of nitro groups is 2. The van der Waals surface area contributed by atoms with E-state index < -0.39 is 21.4 Å². The number of aromatic nitrogens is 2. The highest BCUT2D eigenvalue weighted by molar-refractivity contribution is 5.95. The van der Waals surface area contributed by atoms with Crippen molar-refractivity contribution in [3.8, 4) is 0 Å². The molecule has 1 aromatic carbocycles. The summed E-state index contributed by atoms with van der Waals surface area (Å²) >= 11 is 0. The number of morpholine rings is 1. The Morgan fingerprint density at radius 3 is 2.58 bits per heavy atom. The third kappa shape index (κ3) is 5.80. The van der Waals surface area contributed by atoms with Crippen molar-refractivity contribution in [3.05, 3.63) is 56.4 Å². The van der Waals surface area contributed by atoms with Gasteiger partial charge in [0.1, 0.15) is 6.33 Å². The standard InChI is InChI=1S/C17H20N8O6/c26-17(12-2-1-3-13(10-12)24(27)28)22-21-16-14(25(29)30)15(19-11-20-16)18-4-5-23-6-8-31-9-7-23/h1-3,10-11H,4-9H2,(H,22,26)(H2,18,19,20,21). The number of amides is 1. The zero-order valence-corrected chi connectivity index (χ0v) is 16.3. The second-order valence-corrected chi connectivity index (χ2v) is 6.44. The van der Waals surface area contributed by atoms with Gasteiger partial charge in [-0.25, -0.2) is 9.97 Å². The van der Waals surface area contributed by atoms with Crippen molar-refractivity contribution in [2.24, 2.45) is 0 Å². The van der Waals surface area contributed by atoms with E-state index in [9.17, 15) is 25.0 Å². The number of hydrogen-bond acceptors (Lipinski definition) is 11. The highest BCUT2D eigenvalue weighted by Crippen LogP contribution is 2.28. The minimum Gasteiger partial charge on any atom is -0.379 e. The molecule has 3 N–H and O–H groups in total. The fraction of sp³-hybridized carbons (Fsp3) is 0.353. The molecule has 0 spiro atoms. The van der Waals surface area contributed by atoms with E-state index in [4.69, 9.17) is 4.74 Å². The number of benzene rings is 1. The molecule has 14 nitrogen and oxygen atoms in total. The van der Waals surface area contributed by atoms with Crippen LogP contribution in [0.25, 0.3) is 0 Å². The molecule has 1 fully saturated rings. The van der Waals surface area contributed by atoms with E-state index in [1.807, 2.05) is 0 Å². The normalized spacial score (nSPS) is 13.9. The van der Waals surface area contributed by atoms with Crippen LogP contribution in [0.4, 0.5) is 23.0 Å². The van der Waals surface area contributed by atoms with Gasteiger partial charge in [0.15, 0.2) is 0 Å². The number of non-ortho nitro benzene ring substituents is 1. The maximum Gasteiger partial charge on any atom is 0.354 e. The lowest BCUT2D eigenvalue weighted by Crippen LogP contribution is -2.39. The van der Waals surface area contributed by atoms with E-state index in [2.05, 4.69) is 31.0 Å². The molecule has 0 radical (unpaired) electrons. The summed E-state index contributed by atoms with van der Waals surface area (Å²) in [6.07, 6.45) is 1.12. The third-order valence-corrected chi connectivity index (χ3v) is 4.44. The van der Waals surface area contributed by atoms with E-state index in [1.165, 1.54) is 18.2 Å². The number of ether oxygens (including phenoxy) is 1. The molecule has 1 aliphatic rings. The highest BCUT2D eigenvalue weighted by atomic mass is 16.6. The number of carbonyl (C=O) groups is 1.